The SMILES string of the molecule is CCN1CCC[C@H]1CN(CCN)CCN.CCN1CCC[C@H]1CNC(C)=O.CCN1CCC[C@H]1CNCCCN(C)C.CCN1CCC[C@H]1CNS(C)(=O)=O.CCNC[C@@H]1CCCN1CC.COCCN1CCC[C@H]1CN. The molecule has 6 heterocycles. The van der Waals surface area contributed by atoms with Gasteiger partial charge in [0.2, 0.25) is 15.9 Å². The lowest BCUT2D eigenvalue weighted by Gasteiger charge is -2.29. The van der Waals surface area contributed by atoms with Crippen LogP contribution in [0.15, 0.2) is 0 Å². The van der Waals surface area contributed by atoms with Gasteiger partial charge in [0.05, 0.1) is 12.9 Å². The number of methoxy groups -OCH3 is 1. The van der Waals surface area contributed by atoms with Crippen molar-refractivity contribution in [2.24, 2.45) is 17.2 Å². The number of rotatable bonds is 29. The molecule has 460 valence electrons. The van der Waals surface area contributed by atoms with Gasteiger partial charge in [0.15, 0.2) is 0 Å². The van der Waals surface area contributed by atoms with Gasteiger partial charge < -0.3 is 42.8 Å². The summed E-state index contributed by atoms with van der Waals surface area (Å²) in [5.74, 6) is 0.0814. The average molecular weight is 1120 g/mol. The number of nitrogens with one attached hydrogen (secondary N) is 4. The highest BCUT2D eigenvalue weighted by Crippen LogP contribution is 2.20. The van der Waals surface area contributed by atoms with Crippen LogP contribution in [-0.4, -0.2) is 287 Å². The number of nitrogens with two attached hydrogens (primary N) is 3. The Bertz CT molecular complexity index is 1460. The van der Waals surface area contributed by atoms with Gasteiger partial charge in [-0.2, -0.15) is 0 Å². The molecule has 0 aromatic heterocycles. The Balaban J connectivity index is 0.000000464. The van der Waals surface area contributed by atoms with Crippen molar-refractivity contribution < 1.29 is 17.9 Å². The first-order chi connectivity index (χ1) is 37.1. The van der Waals surface area contributed by atoms with Crippen LogP contribution >= 0.6 is 0 Å². The first-order valence-corrected chi connectivity index (χ1v) is 33.0. The number of nitrogens with zero attached hydrogens (tertiary/aromatic N) is 8. The van der Waals surface area contributed by atoms with Crippen LogP contribution in [0.5, 0.6) is 0 Å². The minimum Gasteiger partial charge on any atom is -0.383 e. The van der Waals surface area contributed by atoms with Crippen LogP contribution in [0.25, 0.3) is 0 Å². The summed E-state index contributed by atoms with van der Waals surface area (Å²) in [7, 11) is 2.99. The quantitative estimate of drug-likeness (QED) is 0.0537. The van der Waals surface area contributed by atoms with E-state index in [0.717, 1.165) is 116 Å². The molecule has 6 fully saturated rings. The second-order valence-electron chi connectivity index (χ2n) is 22.3. The summed E-state index contributed by atoms with van der Waals surface area (Å²) >= 11 is 0. The lowest BCUT2D eigenvalue weighted by Crippen LogP contribution is -2.43. The Morgan fingerprint density at radius 2 is 0.974 bits per heavy atom. The van der Waals surface area contributed by atoms with Gasteiger partial charge in [-0.1, -0.05) is 41.5 Å². The molecule has 0 bridgehead atoms. The minimum atomic E-state index is -3.02. The molecule has 0 aliphatic carbocycles. The Morgan fingerprint density at radius 1 is 0.571 bits per heavy atom. The van der Waals surface area contributed by atoms with E-state index < -0.39 is 10.0 Å². The zero-order chi connectivity index (χ0) is 57.3. The first-order valence-electron chi connectivity index (χ1n) is 31.1. The predicted octanol–water partition coefficient (Wildman–Crippen LogP) is 2.46. The summed E-state index contributed by atoms with van der Waals surface area (Å²) in [6.07, 6.45) is 18.1. The normalized spacial score (nSPS) is 24.4. The number of sulfonamides is 1. The van der Waals surface area contributed by atoms with E-state index in [1.165, 1.54) is 155 Å². The van der Waals surface area contributed by atoms with Crippen LogP contribution in [-0.2, 0) is 19.6 Å². The summed E-state index contributed by atoms with van der Waals surface area (Å²) in [5, 5.41) is 9.86. The molecule has 6 rings (SSSR count). The van der Waals surface area contributed by atoms with Crippen molar-refractivity contribution in [3.8, 4) is 0 Å². The fourth-order valence-corrected chi connectivity index (χ4v) is 12.4. The van der Waals surface area contributed by atoms with E-state index in [1.54, 1.807) is 14.0 Å². The van der Waals surface area contributed by atoms with Crippen molar-refractivity contribution in [3.05, 3.63) is 0 Å². The molecular weight excluding hydrogens is 991 g/mol. The van der Waals surface area contributed by atoms with Gasteiger partial charge in [0, 0.05) is 122 Å². The standard InChI is InChI=1S/C12H27N3.C11H26N4.C9H18N2O.C9H20N2.C8H18N2O2S.C8H18N2O/c1-4-15-10-5-7-12(15)11-13-8-6-9-14(2)3;1-2-15-7-3-4-11(15)10-14(8-5-12)9-6-13;1-3-11-6-4-5-9(11)7-10-8(2)12;1-3-10-8-9-6-5-7-11(9)4-2;1-3-10-6-4-5-8(10)7-9-13(2,11)12;1-11-6-5-10-4-2-3-8(10)7-9/h12-13H,4-11H2,1-3H3;11H,2-10,12-13H2,1H3;9H,3-7H2,1-2H3,(H,10,12);9-10H,3-8H2,1-2H3;8-9H,3-7H2,1-2H3;8H,2-7,9H2,1H3/t12-;11-;2*9-;2*8-/m000000/s1. The molecular formula is C57H127N15O4S. The lowest BCUT2D eigenvalue weighted by atomic mass is 10.2. The van der Waals surface area contributed by atoms with Crippen LogP contribution in [0.3, 0.4) is 0 Å². The molecule has 6 aliphatic heterocycles. The van der Waals surface area contributed by atoms with Crippen LogP contribution in [0, 0.1) is 0 Å². The number of hydrogen-bond donors (Lipinski definition) is 7. The maximum atomic E-state index is 10.9. The van der Waals surface area contributed by atoms with Crippen LogP contribution in [0.1, 0.15) is 132 Å². The molecule has 0 unspecified atom stereocenters. The number of hydrogen-bond acceptors (Lipinski definition) is 17. The third-order valence-electron chi connectivity index (χ3n) is 16.4. The maximum Gasteiger partial charge on any atom is 0.216 e. The molecule has 77 heavy (non-hydrogen) atoms. The van der Waals surface area contributed by atoms with Gasteiger partial charge in [-0.3, -0.25) is 39.1 Å². The Kier molecular flexibility index (Phi) is 44.4. The van der Waals surface area contributed by atoms with E-state index in [-0.39, 0.29) is 5.91 Å². The van der Waals surface area contributed by atoms with Gasteiger partial charge in [-0.05, 0) is 189 Å². The molecule has 6 atom stereocenters. The predicted molar refractivity (Wildman–Crippen MR) is 328 cm³/mol. The van der Waals surface area contributed by atoms with E-state index in [2.05, 4.69) is 116 Å². The molecule has 20 heteroatoms. The summed E-state index contributed by atoms with van der Waals surface area (Å²) in [6, 6.07) is 3.95. The van der Waals surface area contributed by atoms with Crippen molar-refractivity contribution in [3.63, 3.8) is 0 Å². The summed E-state index contributed by atoms with van der Waals surface area (Å²) < 4.78 is 29.3. The monoisotopic (exact) mass is 1120 g/mol. The fourth-order valence-electron chi connectivity index (χ4n) is 11.9. The molecule has 19 nitrogen and oxygen atoms in total. The minimum absolute atomic E-state index is 0.0814. The molecule has 0 aromatic carbocycles. The van der Waals surface area contributed by atoms with Crippen LogP contribution < -0.4 is 37.9 Å². The molecule has 0 radical (unpaired) electrons. The zero-order valence-electron chi connectivity index (χ0n) is 51.9. The van der Waals surface area contributed by atoms with E-state index in [1.807, 2.05) is 0 Å². The summed E-state index contributed by atoms with van der Waals surface area (Å²) in [4.78, 5) is 30.2. The van der Waals surface area contributed by atoms with Crippen molar-refractivity contribution in [1.82, 2.24) is 59.9 Å². The zero-order valence-corrected chi connectivity index (χ0v) is 52.7. The van der Waals surface area contributed by atoms with Crippen LogP contribution in [0.2, 0.25) is 0 Å². The number of likely N-dealkylation sites (tertiary alicyclic amines) is 6. The van der Waals surface area contributed by atoms with Gasteiger partial charge in [-0.15, -0.1) is 0 Å². The van der Waals surface area contributed by atoms with Crippen molar-refractivity contribution in [1.29, 1.82) is 0 Å². The second-order valence-corrected chi connectivity index (χ2v) is 24.1. The Morgan fingerprint density at radius 3 is 1.36 bits per heavy atom. The van der Waals surface area contributed by atoms with Gasteiger partial charge in [0.25, 0.3) is 0 Å². The highest BCUT2D eigenvalue weighted by atomic mass is 32.2. The van der Waals surface area contributed by atoms with E-state index in [0.29, 0.717) is 24.7 Å². The molecule has 6 saturated heterocycles. The van der Waals surface area contributed by atoms with E-state index >= 15 is 0 Å². The number of ether oxygens (including phenoxy) is 1. The third-order valence-corrected chi connectivity index (χ3v) is 17.1. The largest absolute Gasteiger partial charge is 0.383 e. The highest BCUT2D eigenvalue weighted by Gasteiger charge is 2.27. The van der Waals surface area contributed by atoms with Gasteiger partial charge >= 0.3 is 0 Å². The first kappa shape index (κ1) is 73.8. The van der Waals surface area contributed by atoms with E-state index in [9.17, 15) is 13.2 Å². The smallest absolute Gasteiger partial charge is 0.216 e. The molecule has 0 aromatic rings. The fraction of sp³-hybridized carbons (Fsp3) is 0.982. The molecule has 10 N–H and O–H groups in total. The molecule has 6 aliphatic rings. The number of amides is 1. The van der Waals surface area contributed by atoms with Crippen molar-refractivity contribution >= 4 is 15.9 Å². The average Bonchev–Trinajstić information content (AvgIpc) is 4.29. The summed E-state index contributed by atoms with van der Waals surface area (Å²) in [5.41, 5.74) is 16.8. The topological polar surface area (TPSA) is 213 Å². The van der Waals surface area contributed by atoms with Crippen molar-refractivity contribution in [2.75, 3.05) is 198 Å². The maximum absolute atomic E-state index is 10.9. The summed E-state index contributed by atoms with van der Waals surface area (Å²) in [6.45, 7) is 42.3. The molecule has 0 spiro atoms. The molecule has 1 amide bonds. The number of carbonyl (C=O) groups is 1. The van der Waals surface area contributed by atoms with Crippen LogP contribution in [0.4, 0.5) is 0 Å². The number of likely N-dealkylation sites (N-methyl/N-ethyl adjacent to an activating group) is 6. The van der Waals surface area contributed by atoms with Gasteiger partial charge in [-0.25, -0.2) is 13.1 Å². The Hall–Kier alpha value is -1.18. The number of carbonyl (C=O) groups excluding carboxylic acids is 1. The Labute approximate surface area is 475 Å². The third kappa shape index (κ3) is 34.1. The highest BCUT2D eigenvalue weighted by molar-refractivity contribution is 7.88. The lowest BCUT2D eigenvalue weighted by molar-refractivity contribution is -0.119. The second kappa shape index (κ2) is 46.3. The van der Waals surface area contributed by atoms with Gasteiger partial charge in [0.1, 0.15) is 0 Å². The van der Waals surface area contributed by atoms with Crippen molar-refractivity contribution in [2.45, 2.75) is 168 Å². The van der Waals surface area contributed by atoms with E-state index in [4.69, 9.17) is 21.9 Å². The molecule has 0 saturated carbocycles.